The fourth-order valence-corrected chi connectivity index (χ4v) is 2.57. The van der Waals surface area contributed by atoms with E-state index in [1.165, 1.54) is 0 Å². The number of ether oxygens (including phenoxy) is 2. The molecule has 2 heterocycles. The smallest absolute Gasteiger partial charge is 0.136 e. The number of anilines is 1. The topological polar surface area (TPSA) is 59.5 Å². The van der Waals surface area contributed by atoms with Gasteiger partial charge in [-0.25, -0.2) is 9.97 Å². The molecule has 0 unspecified atom stereocenters. The lowest BCUT2D eigenvalue weighted by molar-refractivity contribution is -0.0260. The summed E-state index contributed by atoms with van der Waals surface area (Å²) < 4.78 is 11.1. The Morgan fingerprint density at radius 3 is 2.78 bits per heavy atom. The number of likely N-dealkylation sites (N-methyl/N-ethyl adjacent to an activating group) is 1. The molecule has 1 aromatic rings. The van der Waals surface area contributed by atoms with Crippen molar-refractivity contribution in [2.24, 2.45) is 0 Å². The lowest BCUT2D eigenvalue weighted by Gasteiger charge is -2.34. The van der Waals surface area contributed by atoms with Crippen LogP contribution in [0.25, 0.3) is 0 Å². The second kappa shape index (κ2) is 7.55. The van der Waals surface area contributed by atoms with E-state index in [-0.39, 0.29) is 17.6 Å². The highest BCUT2D eigenvalue weighted by molar-refractivity contribution is 5.38. The fraction of sp³-hybridized carbons (Fsp3) is 0.765. The van der Waals surface area contributed by atoms with Gasteiger partial charge in [0, 0.05) is 31.7 Å². The van der Waals surface area contributed by atoms with Gasteiger partial charge >= 0.3 is 0 Å². The number of rotatable bonds is 5. The molecule has 1 aromatic heterocycles. The number of hydrogen-bond acceptors (Lipinski definition) is 6. The maximum Gasteiger partial charge on any atom is 0.136 e. The largest absolute Gasteiger partial charge is 0.378 e. The first-order valence-corrected chi connectivity index (χ1v) is 8.23. The van der Waals surface area contributed by atoms with E-state index in [2.05, 4.69) is 49.9 Å². The number of nitrogens with zero attached hydrogens (tertiary/aromatic N) is 3. The van der Waals surface area contributed by atoms with Crippen LogP contribution >= 0.6 is 0 Å². The Morgan fingerprint density at radius 2 is 2.17 bits per heavy atom. The van der Waals surface area contributed by atoms with E-state index in [1.54, 1.807) is 7.11 Å². The van der Waals surface area contributed by atoms with Crippen LogP contribution < -0.4 is 5.32 Å². The van der Waals surface area contributed by atoms with Gasteiger partial charge in [-0.3, -0.25) is 0 Å². The van der Waals surface area contributed by atoms with Crippen molar-refractivity contribution in [3.8, 4) is 0 Å². The number of hydrogen-bond donors (Lipinski definition) is 1. The molecule has 0 amide bonds. The average Bonchev–Trinajstić information content (AvgIpc) is 2.46. The lowest BCUT2D eigenvalue weighted by atomic mass is 9.95. The van der Waals surface area contributed by atoms with Crippen molar-refractivity contribution < 1.29 is 9.47 Å². The molecule has 1 aliphatic heterocycles. The minimum atomic E-state index is -0.106. The van der Waals surface area contributed by atoms with Crippen LogP contribution in [0.15, 0.2) is 6.07 Å². The van der Waals surface area contributed by atoms with E-state index in [0.29, 0.717) is 6.61 Å². The zero-order valence-corrected chi connectivity index (χ0v) is 15.2. The Bertz CT molecular complexity index is 516. The van der Waals surface area contributed by atoms with Gasteiger partial charge in [0.1, 0.15) is 11.6 Å². The standard InChI is InChI=1S/C17H30N4O2/c1-12(14-10-21(5)7-8-23-14)18-15-9-13(11-22-6)19-16(20-15)17(2,3)4/h9,12,14H,7-8,10-11H2,1-6H3,(H,18,19,20)/t12-,14-/m0/s1. The highest BCUT2D eigenvalue weighted by atomic mass is 16.5. The third kappa shape index (κ3) is 5.12. The van der Waals surface area contributed by atoms with Crippen molar-refractivity contribution in [3.63, 3.8) is 0 Å². The molecule has 0 bridgehead atoms. The summed E-state index contributed by atoms with van der Waals surface area (Å²) in [5.74, 6) is 1.66. The molecule has 0 saturated carbocycles. The Balaban J connectivity index is 2.15. The molecule has 1 aliphatic rings. The molecule has 23 heavy (non-hydrogen) atoms. The SMILES string of the molecule is COCc1cc(N[C@@H](C)[C@@H]2CN(C)CCO2)nc(C(C)(C)C)n1. The summed E-state index contributed by atoms with van der Waals surface area (Å²) in [6.07, 6.45) is 0.160. The van der Waals surface area contributed by atoms with E-state index in [0.717, 1.165) is 37.0 Å². The highest BCUT2D eigenvalue weighted by Crippen LogP contribution is 2.22. The molecule has 0 spiro atoms. The molecule has 0 aromatic carbocycles. The number of nitrogens with one attached hydrogen (secondary N) is 1. The van der Waals surface area contributed by atoms with Crippen molar-refractivity contribution in [3.05, 3.63) is 17.6 Å². The van der Waals surface area contributed by atoms with Gasteiger partial charge < -0.3 is 19.7 Å². The quantitative estimate of drug-likeness (QED) is 0.895. The van der Waals surface area contributed by atoms with Gasteiger partial charge in [0.25, 0.3) is 0 Å². The van der Waals surface area contributed by atoms with Gasteiger partial charge in [0.05, 0.1) is 31.1 Å². The fourth-order valence-electron chi connectivity index (χ4n) is 2.57. The van der Waals surface area contributed by atoms with Gasteiger partial charge in [-0.15, -0.1) is 0 Å². The zero-order chi connectivity index (χ0) is 17.0. The maximum absolute atomic E-state index is 5.89. The van der Waals surface area contributed by atoms with Crippen molar-refractivity contribution in [1.82, 2.24) is 14.9 Å². The first kappa shape index (κ1) is 18.1. The van der Waals surface area contributed by atoms with Crippen molar-refractivity contribution in [2.45, 2.75) is 51.9 Å². The molecule has 2 atom stereocenters. The van der Waals surface area contributed by atoms with Crippen LogP contribution in [0.5, 0.6) is 0 Å². The normalized spacial score (nSPS) is 21.2. The van der Waals surface area contributed by atoms with Gasteiger partial charge in [0.15, 0.2) is 0 Å². The van der Waals surface area contributed by atoms with E-state index >= 15 is 0 Å². The molecule has 0 aliphatic carbocycles. The Morgan fingerprint density at radius 1 is 1.43 bits per heavy atom. The Kier molecular flexibility index (Phi) is 5.95. The van der Waals surface area contributed by atoms with Crippen LogP contribution in [-0.2, 0) is 21.5 Å². The van der Waals surface area contributed by atoms with Crippen molar-refractivity contribution in [1.29, 1.82) is 0 Å². The molecular formula is C17H30N4O2. The van der Waals surface area contributed by atoms with Crippen molar-refractivity contribution >= 4 is 5.82 Å². The number of methoxy groups -OCH3 is 1. The predicted octanol–water partition coefficient (Wildman–Crippen LogP) is 2.05. The number of morpholine rings is 1. The minimum absolute atomic E-state index is 0.106. The second-order valence-electron chi connectivity index (χ2n) is 7.36. The third-order valence-electron chi connectivity index (χ3n) is 3.97. The summed E-state index contributed by atoms with van der Waals surface area (Å²) in [7, 11) is 3.81. The molecule has 6 nitrogen and oxygen atoms in total. The summed E-state index contributed by atoms with van der Waals surface area (Å²) in [4.78, 5) is 11.6. The molecular weight excluding hydrogens is 292 g/mol. The van der Waals surface area contributed by atoms with Crippen LogP contribution in [0.2, 0.25) is 0 Å². The van der Waals surface area contributed by atoms with E-state index in [4.69, 9.17) is 14.5 Å². The van der Waals surface area contributed by atoms with Gasteiger partial charge in [-0.2, -0.15) is 0 Å². The lowest BCUT2D eigenvalue weighted by Crippen LogP contribution is -2.47. The number of aromatic nitrogens is 2. The molecule has 130 valence electrons. The Labute approximate surface area is 139 Å². The minimum Gasteiger partial charge on any atom is -0.378 e. The van der Waals surface area contributed by atoms with E-state index < -0.39 is 0 Å². The predicted molar refractivity (Wildman–Crippen MR) is 91.8 cm³/mol. The summed E-state index contributed by atoms with van der Waals surface area (Å²) in [5, 5.41) is 3.49. The summed E-state index contributed by atoms with van der Waals surface area (Å²) in [5.41, 5.74) is 0.786. The van der Waals surface area contributed by atoms with Crippen LogP contribution in [0.3, 0.4) is 0 Å². The summed E-state index contributed by atoms with van der Waals surface area (Å²) in [6, 6.07) is 2.14. The first-order valence-electron chi connectivity index (χ1n) is 8.23. The molecule has 2 rings (SSSR count). The van der Waals surface area contributed by atoms with Crippen LogP contribution in [0.1, 0.15) is 39.2 Å². The summed E-state index contributed by atoms with van der Waals surface area (Å²) in [6.45, 7) is 11.7. The average molecular weight is 322 g/mol. The monoisotopic (exact) mass is 322 g/mol. The van der Waals surface area contributed by atoms with Gasteiger partial charge in [0.2, 0.25) is 0 Å². The van der Waals surface area contributed by atoms with Gasteiger partial charge in [-0.05, 0) is 14.0 Å². The summed E-state index contributed by atoms with van der Waals surface area (Å²) >= 11 is 0. The third-order valence-corrected chi connectivity index (χ3v) is 3.97. The van der Waals surface area contributed by atoms with Crippen LogP contribution in [0, 0.1) is 0 Å². The van der Waals surface area contributed by atoms with Crippen LogP contribution in [-0.4, -0.2) is 60.9 Å². The molecule has 0 radical (unpaired) electrons. The van der Waals surface area contributed by atoms with Gasteiger partial charge in [-0.1, -0.05) is 20.8 Å². The highest BCUT2D eigenvalue weighted by Gasteiger charge is 2.25. The van der Waals surface area contributed by atoms with E-state index in [1.807, 2.05) is 6.07 Å². The molecule has 1 fully saturated rings. The first-order chi connectivity index (χ1) is 10.8. The molecule has 1 N–H and O–H groups in total. The zero-order valence-electron chi connectivity index (χ0n) is 15.2. The second-order valence-corrected chi connectivity index (χ2v) is 7.36. The molecule has 1 saturated heterocycles. The maximum atomic E-state index is 5.89. The van der Waals surface area contributed by atoms with Crippen LogP contribution in [0.4, 0.5) is 5.82 Å². The van der Waals surface area contributed by atoms with Crippen molar-refractivity contribution in [2.75, 3.05) is 39.2 Å². The van der Waals surface area contributed by atoms with E-state index in [9.17, 15) is 0 Å². The Hall–Kier alpha value is -1.24. The molecule has 6 heteroatoms.